The van der Waals surface area contributed by atoms with Crippen molar-refractivity contribution >= 4 is 35.8 Å². The lowest BCUT2D eigenvalue weighted by Crippen LogP contribution is -2.37. The van der Waals surface area contributed by atoms with Crippen LogP contribution in [0.2, 0.25) is 0 Å². The van der Waals surface area contributed by atoms with Gasteiger partial charge in [0.05, 0.1) is 37.6 Å². The number of anilines is 1. The summed E-state index contributed by atoms with van der Waals surface area (Å²) in [6.07, 6.45) is 7.36. The average molecular weight is 494 g/mol. The van der Waals surface area contributed by atoms with Crippen molar-refractivity contribution in [1.29, 1.82) is 0 Å². The minimum Gasteiger partial charge on any atom is -0.378 e. The van der Waals surface area contributed by atoms with E-state index in [1.165, 1.54) is 18.7 Å². The van der Waals surface area contributed by atoms with E-state index in [-0.39, 0.29) is 12.2 Å². The Morgan fingerprint density at radius 3 is 2.72 bits per heavy atom. The molecule has 0 unspecified atom stereocenters. The van der Waals surface area contributed by atoms with Crippen molar-refractivity contribution in [3.8, 4) is 11.4 Å². The molecule has 1 aliphatic heterocycles. The second-order valence-corrected chi connectivity index (χ2v) is 8.03. The van der Waals surface area contributed by atoms with E-state index in [4.69, 9.17) is 24.9 Å². The largest absolute Gasteiger partial charge is 0.378 e. The van der Waals surface area contributed by atoms with Crippen molar-refractivity contribution in [2.75, 3.05) is 44.9 Å². The van der Waals surface area contributed by atoms with Gasteiger partial charge in [0, 0.05) is 44.9 Å². The highest BCUT2D eigenvalue weighted by molar-refractivity contribution is 6.11. The van der Waals surface area contributed by atoms with Crippen molar-refractivity contribution in [3.05, 3.63) is 36.3 Å². The first kappa shape index (κ1) is 25.0. The molecule has 0 saturated carbocycles. The van der Waals surface area contributed by atoms with Crippen molar-refractivity contribution in [2.24, 2.45) is 17.0 Å². The number of fused-ring (bicyclic) bond motifs is 1. The highest BCUT2D eigenvalue weighted by Gasteiger charge is 2.23. The molecule has 36 heavy (non-hydrogen) atoms. The molecule has 188 valence electrons. The fourth-order valence-electron chi connectivity index (χ4n) is 3.66. The van der Waals surface area contributed by atoms with E-state index >= 15 is 0 Å². The van der Waals surface area contributed by atoms with Crippen LogP contribution in [0.25, 0.3) is 22.6 Å². The number of nitrogens with one attached hydrogen (secondary N) is 1. The van der Waals surface area contributed by atoms with E-state index in [0.717, 1.165) is 11.6 Å². The van der Waals surface area contributed by atoms with Gasteiger partial charge in [0.1, 0.15) is 12.2 Å². The molecule has 0 bridgehead atoms. The number of amides is 1. The lowest BCUT2D eigenvalue weighted by molar-refractivity contribution is -0.124. The molecule has 1 amide bonds. The topological polar surface area (TPSA) is 159 Å². The lowest BCUT2D eigenvalue weighted by Gasteiger charge is -2.28. The Bertz CT molecular complexity index is 1280. The maximum atomic E-state index is 11.6. The molecular formula is C22H27N11O3. The standard InChI is InChI=1S/C22H27N11O3/c1-23-8-16(22(34)30-35)11-26-14-31(2)12-17-27-18-20(32(17)3)28-19(15-9-24-13-25-10-15)29-21(18)33-4-6-36-7-5-33/h8-11,13,35H,1,4-7,12,14H2,2-3H3,(H,30,34)/b16-8+,26-11-. The number of morpholine rings is 1. The predicted molar refractivity (Wildman–Crippen MR) is 133 cm³/mol. The van der Waals surface area contributed by atoms with E-state index in [0.29, 0.717) is 55.4 Å². The second kappa shape index (κ2) is 11.5. The Morgan fingerprint density at radius 2 is 2.03 bits per heavy atom. The van der Waals surface area contributed by atoms with Crippen LogP contribution in [0.5, 0.6) is 0 Å². The van der Waals surface area contributed by atoms with Crippen LogP contribution in [0, 0.1) is 0 Å². The van der Waals surface area contributed by atoms with Gasteiger partial charge in [-0.05, 0) is 13.8 Å². The number of aromatic nitrogens is 6. The van der Waals surface area contributed by atoms with Crippen molar-refractivity contribution in [1.82, 2.24) is 39.9 Å². The van der Waals surface area contributed by atoms with Crippen LogP contribution in [-0.2, 0) is 23.1 Å². The van der Waals surface area contributed by atoms with Crippen molar-refractivity contribution in [3.63, 3.8) is 0 Å². The third-order valence-electron chi connectivity index (χ3n) is 5.48. The highest BCUT2D eigenvalue weighted by Crippen LogP contribution is 2.28. The summed E-state index contributed by atoms with van der Waals surface area (Å²) in [6, 6.07) is 0. The molecule has 1 aliphatic rings. The molecule has 0 atom stereocenters. The van der Waals surface area contributed by atoms with Gasteiger partial charge < -0.3 is 14.2 Å². The number of aryl methyl sites for hydroxylation is 1. The molecule has 4 rings (SSSR count). The monoisotopic (exact) mass is 493 g/mol. The third-order valence-corrected chi connectivity index (χ3v) is 5.48. The van der Waals surface area contributed by atoms with Crippen LogP contribution in [0.1, 0.15) is 5.82 Å². The van der Waals surface area contributed by atoms with Gasteiger partial charge in [0.2, 0.25) is 0 Å². The van der Waals surface area contributed by atoms with Gasteiger partial charge in [-0.1, -0.05) is 0 Å². The molecule has 14 heteroatoms. The summed E-state index contributed by atoms with van der Waals surface area (Å²) in [5.74, 6) is 1.31. The van der Waals surface area contributed by atoms with Crippen LogP contribution in [0.15, 0.2) is 40.5 Å². The summed E-state index contributed by atoms with van der Waals surface area (Å²) in [5, 5.41) is 8.83. The summed E-state index contributed by atoms with van der Waals surface area (Å²) in [5.41, 5.74) is 3.74. The molecule has 1 saturated heterocycles. The first-order valence-electron chi connectivity index (χ1n) is 11.1. The van der Waals surface area contributed by atoms with Crippen LogP contribution in [0.4, 0.5) is 5.82 Å². The van der Waals surface area contributed by atoms with Gasteiger partial charge in [0.15, 0.2) is 22.8 Å². The van der Waals surface area contributed by atoms with Gasteiger partial charge in [-0.15, -0.1) is 0 Å². The number of hydroxylamine groups is 1. The highest BCUT2D eigenvalue weighted by atomic mass is 16.5. The number of ether oxygens (including phenoxy) is 1. The first-order valence-corrected chi connectivity index (χ1v) is 11.1. The smallest absolute Gasteiger partial charge is 0.277 e. The molecule has 3 aromatic rings. The molecule has 3 aromatic heterocycles. The first-order chi connectivity index (χ1) is 17.5. The summed E-state index contributed by atoms with van der Waals surface area (Å²) < 4.78 is 7.45. The van der Waals surface area contributed by atoms with Gasteiger partial charge in [-0.2, -0.15) is 0 Å². The van der Waals surface area contributed by atoms with Crippen LogP contribution in [0.3, 0.4) is 0 Å². The molecule has 14 nitrogen and oxygen atoms in total. The van der Waals surface area contributed by atoms with Crippen LogP contribution < -0.4 is 10.4 Å². The number of hydrogen-bond acceptors (Lipinski definition) is 12. The summed E-state index contributed by atoms with van der Waals surface area (Å²) in [7, 11) is 3.78. The number of rotatable bonds is 9. The normalized spacial score (nSPS) is 14.7. The van der Waals surface area contributed by atoms with Crippen LogP contribution >= 0.6 is 0 Å². The lowest BCUT2D eigenvalue weighted by atomic mass is 10.3. The van der Waals surface area contributed by atoms with Gasteiger partial charge in [-0.3, -0.25) is 24.9 Å². The van der Waals surface area contributed by atoms with E-state index in [2.05, 4.69) is 31.6 Å². The summed E-state index contributed by atoms with van der Waals surface area (Å²) in [4.78, 5) is 46.2. The Labute approximate surface area is 207 Å². The number of hydrogen-bond donors (Lipinski definition) is 2. The van der Waals surface area contributed by atoms with Gasteiger partial charge in [-0.25, -0.2) is 30.4 Å². The number of nitrogens with zero attached hydrogens (tertiary/aromatic N) is 10. The van der Waals surface area contributed by atoms with Crippen LogP contribution in [-0.4, -0.2) is 98.5 Å². The molecule has 0 spiro atoms. The number of carbonyl (C=O) groups is 1. The number of carbonyl (C=O) groups excluding carboxylic acids is 1. The Kier molecular flexibility index (Phi) is 7.99. The summed E-state index contributed by atoms with van der Waals surface area (Å²) >= 11 is 0. The van der Waals surface area contributed by atoms with Crippen molar-refractivity contribution < 1.29 is 14.7 Å². The Hall–Kier alpha value is -4.14. The zero-order chi connectivity index (χ0) is 25.5. The predicted octanol–water partition coefficient (Wildman–Crippen LogP) is 0.207. The van der Waals surface area contributed by atoms with E-state index in [1.54, 1.807) is 17.9 Å². The SMILES string of the molecule is C=N/C=C(\C=N/CN(C)Cc1nc2c(N3CCOCC3)nc(-c3cncnc3)nc2n1C)C(=O)NO. The van der Waals surface area contributed by atoms with Gasteiger partial charge in [0.25, 0.3) is 5.91 Å². The molecule has 4 heterocycles. The average Bonchev–Trinajstić information content (AvgIpc) is 3.22. The molecule has 0 aliphatic carbocycles. The van der Waals surface area contributed by atoms with E-state index in [1.807, 2.05) is 23.6 Å². The minimum atomic E-state index is -0.724. The number of aliphatic imine (C=N–C) groups is 2. The maximum Gasteiger partial charge on any atom is 0.277 e. The fourth-order valence-corrected chi connectivity index (χ4v) is 3.66. The zero-order valence-corrected chi connectivity index (χ0v) is 20.1. The quantitative estimate of drug-likeness (QED) is 0.183. The van der Waals surface area contributed by atoms with Crippen molar-refractivity contribution in [2.45, 2.75) is 6.54 Å². The summed E-state index contributed by atoms with van der Waals surface area (Å²) in [6.45, 7) is 6.67. The molecule has 0 aromatic carbocycles. The Morgan fingerprint density at radius 1 is 1.28 bits per heavy atom. The second-order valence-electron chi connectivity index (χ2n) is 8.03. The maximum absolute atomic E-state index is 11.6. The molecule has 2 N–H and O–H groups in total. The molecule has 1 fully saturated rings. The fraction of sp³-hybridized carbons (Fsp3) is 0.364. The Balaban J connectivity index is 1.62. The zero-order valence-electron chi connectivity index (χ0n) is 20.1. The number of imidazole rings is 1. The van der Waals surface area contributed by atoms with E-state index < -0.39 is 5.91 Å². The molecule has 0 radical (unpaired) electrons. The van der Waals surface area contributed by atoms with E-state index in [9.17, 15) is 4.79 Å². The third kappa shape index (κ3) is 5.56. The minimum absolute atomic E-state index is 0.0754. The van der Waals surface area contributed by atoms with Gasteiger partial charge >= 0.3 is 0 Å². The molecular weight excluding hydrogens is 466 g/mol.